The second-order valence-electron chi connectivity index (χ2n) is 4.68. The number of nitrogens with zero attached hydrogens (tertiary/aromatic N) is 2. The normalized spacial score (nSPS) is 18.6. The molecule has 0 aromatic heterocycles. The average molecular weight is 280 g/mol. The van der Waals surface area contributed by atoms with Crippen molar-refractivity contribution in [2.24, 2.45) is 0 Å². The van der Waals surface area contributed by atoms with Gasteiger partial charge in [0.15, 0.2) is 6.61 Å². The third kappa shape index (κ3) is 3.67. The quantitative estimate of drug-likeness (QED) is 0.655. The number of non-ortho nitro benzene ring substituents is 1. The minimum atomic E-state index is -0.518. The Morgan fingerprint density at radius 2 is 2.35 bits per heavy atom. The van der Waals surface area contributed by atoms with Gasteiger partial charge in [-0.1, -0.05) is 6.07 Å². The summed E-state index contributed by atoms with van der Waals surface area (Å²) in [5.41, 5.74) is -0.0802. The molecule has 1 amide bonds. The molecule has 1 aliphatic rings. The van der Waals surface area contributed by atoms with Gasteiger partial charge in [0.25, 0.3) is 11.6 Å². The molecule has 108 valence electrons. The second kappa shape index (κ2) is 6.33. The third-order valence-electron chi connectivity index (χ3n) is 3.14. The van der Waals surface area contributed by atoms with Gasteiger partial charge in [-0.25, -0.2) is 0 Å². The first-order valence-electron chi connectivity index (χ1n) is 6.39. The number of nitro groups is 1. The molecule has 1 aliphatic heterocycles. The minimum absolute atomic E-state index is 0.0802. The first-order chi connectivity index (χ1) is 9.56. The number of hydrogen-bond acceptors (Lipinski definition) is 5. The lowest BCUT2D eigenvalue weighted by Gasteiger charge is -2.29. The SMILES string of the molecule is O=C(COc1cccc([N+](=O)[O-])c1)N1CCC[C@H](O)C1. The molecule has 0 unspecified atom stereocenters. The molecule has 1 aromatic rings. The fraction of sp³-hybridized carbons (Fsp3) is 0.462. The number of ether oxygens (including phenoxy) is 1. The van der Waals surface area contributed by atoms with Gasteiger partial charge in [0.05, 0.1) is 17.1 Å². The Labute approximate surface area is 115 Å². The number of carbonyl (C=O) groups is 1. The van der Waals surface area contributed by atoms with Gasteiger partial charge in [-0.05, 0) is 18.9 Å². The van der Waals surface area contributed by atoms with Gasteiger partial charge in [-0.3, -0.25) is 14.9 Å². The Balaban J connectivity index is 1.89. The lowest BCUT2D eigenvalue weighted by atomic mass is 10.1. The van der Waals surface area contributed by atoms with Crippen molar-refractivity contribution in [3.8, 4) is 5.75 Å². The van der Waals surface area contributed by atoms with Crippen LogP contribution in [0, 0.1) is 10.1 Å². The van der Waals surface area contributed by atoms with Crippen LogP contribution in [0.3, 0.4) is 0 Å². The van der Waals surface area contributed by atoms with Gasteiger partial charge >= 0.3 is 0 Å². The minimum Gasteiger partial charge on any atom is -0.484 e. The summed E-state index contributed by atoms with van der Waals surface area (Å²) < 4.78 is 5.27. The second-order valence-corrected chi connectivity index (χ2v) is 4.68. The molecule has 1 N–H and O–H groups in total. The predicted molar refractivity (Wildman–Crippen MR) is 70.4 cm³/mol. The number of β-amino-alcohol motifs (C(OH)–C–C–N with tert-alkyl or cyclic N) is 1. The summed E-state index contributed by atoms with van der Waals surface area (Å²) in [6, 6.07) is 5.70. The van der Waals surface area contributed by atoms with Crippen molar-refractivity contribution < 1.29 is 19.6 Å². The van der Waals surface area contributed by atoms with E-state index in [0.29, 0.717) is 19.5 Å². The Bertz CT molecular complexity index is 505. The van der Waals surface area contributed by atoms with Crippen LogP contribution in [0.25, 0.3) is 0 Å². The summed E-state index contributed by atoms with van der Waals surface area (Å²) in [7, 11) is 0. The van der Waals surface area contributed by atoms with E-state index >= 15 is 0 Å². The third-order valence-corrected chi connectivity index (χ3v) is 3.14. The maximum Gasteiger partial charge on any atom is 0.273 e. The Kier molecular flexibility index (Phi) is 4.52. The highest BCUT2D eigenvalue weighted by Crippen LogP contribution is 2.19. The van der Waals surface area contributed by atoms with Crippen LogP contribution in [0.2, 0.25) is 0 Å². The van der Waals surface area contributed by atoms with Crippen LogP contribution in [-0.2, 0) is 4.79 Å². The molecule has 2 rings (SSSR count). The number of aliphatic hydroxyl groups is 1. The molecule has 20 heavy (non-hydrogen) atoms. The lowest BCUT2D eigenvalue weighted by Crippen LogP contribution is -2.44. The van der Waals surface area contributed by atoms with Crippen LogP contribution >= 0.6 is 0 Å². The molecule has 1 atom stereocenters. The van der Waals surface area contributed by atoms with Crippen molar-refractivity contribution in [2.45, 2.75) is 18.9 Å². The smallest absolute Gasteiger partial charge is 0.273 e. The molecule has 0 aliphatic carbocycles. The Hall–Kier alpha value is -2.15. The largest absolute Gasteiger partial charge is 0.484 e. The zero-order chi connectivity index (χ0) is 14.5. The number of piperidine rings is 1. The Morgan fingerprint density at radius 1 is 1.55 bits per heavy atom. The summed E-state index contributed by atoms with van der Waals surface area (Å²) in [6.07, 6.45) is 0.990. The number of likely N-dealkylation sites (tertiary alicyclic amines) is 1. The van der Waals surface area contributed by atoms with E-state index in [2.05, 4.69) is 0 Å². The summed E-state index contributed by atoms with van der Waals surface area (Å²) >= 11 is 0. The van der Waals surface area contributed by atoms with E-state index in [-0.39, 0.29) is 24.0 Å². The number of hydrogen-bond donors (Lipinski definition) is 1. The molecule has 1 fully saturated rings. The number of rotatable bonds is 4. The maximum absolute atomic E-state index is 11.9. The number of nitro benzene ring substituents is 1. The van der Waals surface area contributed by atoms with Crippen LogP contribution in [0.4, 0.5) is 5.69 Å². The van der Waals surface area contributed by atoms with E-state index in [0.717, 1.165) is 6.42 Å². The molecule has 0 bridgehead atoms. The van der Waals surface area contributed by atoms with Crippen molar-refractivity contribution in [1.82, 2.24) is 4.90 Å². The zero-order valence-corrected chi connectivity index (χ0v) is 10.9. The number of benzene rings is 1. The molecule has 7 nitrogen and oxygen atoms in total. The highest BCUT2D eigenvalue weighted by atomic mass is 16.6. The van der Waals surface area contributed by atoms with Crippen molar-refractivity contribution >= 4 is 11.6 Å². The van der Waals surface area contributed by atoms with E-state index in [1.165, 1.54) is 18.2 Å². The molecule has 0 radical (unpaired) electrons. The topological polar surface area (TPSA) is 92.9 Å². The molecule has 0 saturated carbocycles. The van der Waals surface area contributed by atoms with Gasteiger partial charge in [0.1, 0.15) is 5.75 Å². The number of aliphatic hydroxyl groups excluding tert-OH is 1. The van der Waals surface area contributed by atoms with Crippen LogP contribution in [0.1, 0.15) is 12.8 Å². The first-order valence-corrected chi connectivity index (χ1v) is 6.39. The lowest BCUT2D eigenvalue weighted by molar-refractivity contribution is -0.384. The molecular weight excluding hydrogens is 264 g/mol. The predicted octanol–water partition coefficient (Wildman–Crippen LogP) is 0.957. The van der Waals surface area contributed by atoms with Crippen LogP contribution in [0.15, 0.2) is 24.3 Å². The van der Waals surface area contributed by atoms with Crippen molar-refractivity contribution in [3.63, 3.8) is 0 Å². The van der Waals surface area contributed by atoms with Crippen LogP contribution in [0.5, 0.6) is 5.75 Å². The van der Waals surface area contributed by atoms with Crippen LogP contribution < -0.4 is 4.74 Å². The molecule has 7 heteroatoms. The molecule has 1 saturated heterocycles. The maximum atomic E-state index is 11.9. The molecule has 0 spiro atoms. The highest BCUT2D eigenvalue weighted by molar-refractivity contribution is 5.77. The van der Waals surface area contributed by atoms with E-state index in [1.54, 1.807) is 11.0 Å². The summed E-state index contributed by atoms with van der Waals surface area (Å²) in [6.45, 7) is 0.735. The average Bonchev–Trinajstić information content (AvgIpc) is 2.45. The van der Waals surface area contributed by atoms with Gasteiger partial charge in [0, 0.05) is 19.2 Å². The van der Waals surface area contributed by atoms with Crippen molar-refractivity contribution in [1.29, 1.82) is 0 Å². The summed E-state index contributed by atoms with van der Waals surface area (Å²) in [4.78, 5) is 23.5. The van der Waals surface area contributed by atoms with Crippen LogP contribution in [-0.4, -0.2) is 46.6 Å². The first kappa shape index (κ1) is 14.3. The van der Waals surface area contributed by atoms with Crippen molar-refractivity contribution in [2.75, 3.05) is 19.7 Å². The highest BCUT2D eigenvalue weighted by Gasteiger charge is 2.22. The fourth-order valence-corrected chi connectivity index (χ4v) is 2.10. The van der Waals surface area contributed by atoms with Gasteiger partial charge < -0.3 is 14.7 Å². The summed E-state index contributed by atoms with van der Waals surface area (Å²) in [5, 5.41) is 20.1. The van der Waals surface area contributed by atoms with E-state index in [1.807, 2.05) is 0 Å². The number of carbonyl (C=O) groups excluding carboxylic acids is 1. The van der Waals surface area contributed by atoms with Gasteiger partial charge in [0.2, 0.25) is 0 Å². The van der Waals surface area contributed by atoms with Crippen molar-refractivity contribution in [3.05, 3.63) is 34.4 Å². The van der Waals surface area contributed by atoms with E-state index < -0.39 is 11.0 Å². The molecule has 1 aromatic carbocycles. The number of amides is 1. The summed E-state index contributed by atoms with van der Waals surface area (Å²) in [5.74, 6) is 0.0559. The fourth-order valence-electron chi connectivity index (χ4n) is 2.10. The monoisotopic (exact) mass is 280 g/mol. The van der Waals surface area contributed by atoms with Gasteiger partial charge in [-0.15, -0.1) is 0 Å². The van der Waals surface area contributed by atoms with E-state index in [4.69, 9.17) is 4.74 Å². The standard InChI is InChI=1S/C13H16N2O5/c16-11-4-2-6-14(8-11)13(17)9-20-12-5-1-3-10(7-12)15(18)19/h1,3,5,7,11,16H,2,4,6,8-9H2/t11-/m0/s1. The molecule has 1 heterocycles. The molecular formula is C13H16N2O5. The van der Waals surface area contributed by atoms with E-state index in [9.17, 15) is 20.0 Å². The Morgan fingerprint density at radius 3 is 3.05 bits per heavy atom. The zero-order valence-electron chi connectivity index (χ0n) is 10.9. The van der Waals surface area contributed by atoms with Gasteiger partial charge in [-0.2, -0.15) is 0 Å².